The fraction of sp³-hybridized carbons (Fsp3) is 0.481. The summed E-state index contributed by atoms with van der Waals surface area (Å²) >= 11 is 2.79. The van der Waals surface area contributed by atoms with Crippen LogP contribution < -0.4 is 10.1 Å². The number of rotatable bonds is 9. The summed E-state index contributed by atoms with van der Waals surface area (Å²) in [5.41, 5.74) is 3.79. The van der Waals surface area contributed by atoms with Gasteiger partial charge in [0.2, 0.25) is 5.91 Å². The van der Waals surface area contributed by atoms with Crippen molar-refractivity contribution in [3.05, 3.63) is 51.2 Å². The summed E-state index contributed by atoms with van der Waals surface area (Å²) in [7, 11) is 1.87. The summed E-state index contributed by atoms with van der Waals surface area (Å²) in [6, 6.07) is 6.06. The van der Waals surface area contributed by atoms with E-state index in [0.29, 0.717) is 34.1 Å². The van der Waals surface area contributed by atoms with Crippen LogP contribution >= 0.6 is 23.1 Å². The maximum absolute atomic E-state index is 12.9. The molecular weight excluding hydrogens is 508 g/mol. The first-order valence-corrected chi connectivity index (χ1v) is 14.4. The molecule has 0 radical (unpaired) electrons. The number of aryl methyl sites for hydroxylation is 2. The number of aromatic nitrogens is 3. The van der Waals surface area contributed by atoms with E-state index in [1.165, 1.54) is 33.5 Å². The number of thioether (sulfide) groups is 1. The zero-order valence-corrected chi connectivity index (χ0v) is 23.8. The molecule has 0 bridgehead atoms. The second-order valence-electron chi connectivity index (χ2n) is 9.54. The van der Waals surface area contributed by atoms with Gasteiger partial charge in [-0.15, -0.1) is 21.5 Å². The fourth-order valence-electron chi connectivity index (χ4n) is 4.53. The summed E-state index contributed by atoms with van der Waals surface area (Å²) in [5.74, 6) is 1.61. The molecule has 8 nitrogen and oxygen atoms in total. The number of amides is 1. The van der Waals surface area contributed by atoms with E-state index >= 15 is 0 Å². The van der Waals surface area contributed by atoms with Gasteiger partial charge >= 0.3 is 5.97 Å². The molecular formula is C27H34N4O4S2. The summed E-state index contributed by atoms with van der Waals surface area (Å²) in [6.45, 7) is 10.3. The lowest BCUT2D eigenvalue weighted by Crippen LogP contribution is -2.18. The molecule has 1 amide bonds. The highest BCUT2D eigenvalue weighted by atomic mass is 32.2. The Morgan fingerprint density at radius 3 is 2.81 bits per heavy atom. The fourth-order valence-corrected chi connectivity index (χ4v) is 6.66. The Labute approximate surface area is 226 Å². The molecule has 198 valence electrons. The van der Waals surface area contributed by atoms with Crippen molar-refractivity contribution in [3.8, 4) is 5.75 Å². The average Bonchev–Trinajstić information content (AvgIpc) is 3.38. The lowest BCUT2D eigenvalue weighted by Gasteiger charge is -2.18. The minimum atomic E-state index is -0.367. The van der Waals surface area contributed by atoms with Crippen molar-refractivity contribution in [1.82, 2.24) is 14.8 Å². The molecule has 3 aromatic rings. The van der Waals surface area contributed by atoms with Crippen LogP contribution in [0.3, 0.4) is 0 Å². The highest BCUT2D eigenvalue weighted by molar-refractivity contribution is 7.99. The van der Waals surface area contributed by atoms with Gasteiger partial charge in [-0.05, 0) is 70.1 Å². The molecule has 2 heterocycles. The maximum atomic E-state index is 12.9. The smallest absolute Gasteiger partial charge is 0.341 e. The molecule has 0 spiro atoms. The SMILES string of the molecule is CCOC(=O)c1c(NC(=O)CSc2nnc(C(C)Oc3ccc(C)cc3C)n2C)sc2c1CCC(C)C2. The molecule has 1 aromatic carbocycles. The van der Waals surface area contributed by atoms with Gasteiger partial charge in [-0.25, -0.2) is 4.79 Å². The molecule has 0 saturated carbocycles. The van der Waals surface area contributed by atoms with Crippen LogP contribution in [0.25, 0.3) is 0 Å². The molecule has 0 fully saturated rings. The second-order valence-corrected chi connectivity index (χ2v) is 11.6. The number of hydrogen-bond donors (Lipinski definition) is 1. The predicted octanol–water partition coefficient (Wildman–Crippen LogP) is 5.67. The number of nitrogens with zero attached hydrogens (tertiary/aromatic N) is 3. The van der Waals surface area contributed by atoms with Gasteiger partial charge in [0.15, 0.2) is 17.1 Å². The summed E-state index contributed by atoms with van der Waals surface area (Å²) in [5, 5.41) is 12.7. The van der Waals surface area contributed by atoms with Crippen LogP contribution in [-0.4, -0.2) is 39.0 Å². The van der Waals surface area contributed by atoms with Crippen LogP contribution in [0.5, 0.6) is 5.75 Å². The van der Waals surface area contributed by atoms with Crippen molar-refractivity contribution in [1.29, 1.82) is 0 Å². The third-order valence-electron chi connectivity index (χ3n) is 6.44. The third kappa shape index (κ3) is 6.18. The van der Waals surface area contributed by atoms with E-state index in [1.54, 1.807) is 6.92 Å². The predicted molar refractivity (Wildman–Crippen MR) is 147 cm³/mol. The lowest BCUT2D eigenvalue weighted by atomic mass is 9.88. The first-order valence-electron chi connectivity index (χ1n) is 12.5. The lowest BCUT2D eigenvalue weighted by molar-refractivity contribution is -0.113. The number of thiophene rings is 1. The van der Waals surface area contributed by atoms with Gasteiger partial charge in [0, 0.05) is 11.9 Å². The molecule has 4 rings (SSSR count). The molecule has 2 unspecified atom stereocenters. The molecule has 1 N–H and O–H groups in total. The summed E-state index contributed by atoms with van der Waals surface area (Å²) in [6.07, 6.45) is 2.46. The van der Waals surface area contributed by atoms with Gasteiger partial charge in [0.25, 0.3) is 0 Å². The Morgan fingerprint density at radius 1 is 1.30 bits per heavy atom. The van der Waals surface area contributed by atoms with Crippen LogP contribution in [0.4, 0.5) is 5.00 Å². The van der Waals surface area contributed by atoms with Gasteiger partial charge in [-0.1, -0.05) is 36.4 Å². The third-order valence-corrected chi connectivity index (χ3v) is 8.63. The monoisotopic (exact) mass is 542 g/mol. The molecule has 2 aromatic heterocycles. The van der Waals surface area contributed by atoms with Crippen molar-refractivity contribution < 1.29 is 19.1 Å². The zero-order chi connectivity index (χ0) is 26.7. The molecule has 0 saturated heterocycles. The highest BCUT2D eigenvalue weighted by Gasteiger charge is 2.29. The number of carbonyl (C=O) groups excluding carboxylic acids is 2. The van der Waals surface area contributed by atoms with Crippen LogP contribution in [0, 0.1) is 19.8 Å². The number of nitrogens with one attached hydrogen (secondary N) is 1. The van der Waals surface area contributed by atoms with Crippen molar-refractivity contribution in [3.63, 3.8) is 0 Å². The van der Waals surface area contributed by atoms with E-state index in [2.05, 4.69) is 28.5 Å². The van der Waals surface area contributed by atoms with Crippen LogP contribution in [0.15, 0.2) is 23.4 Å². The molecule has 1 aliphatic carbocycles. The van der Waals surface area contributed by atoms with E-state index in [0.717, 1.165) is 36.1 Å². The normalized spacial score (nSPS) is 15.7. The quantitative estimate of drug-likeness (QED) is 0.275. The van der Waals surface area contributed by atoms with Crippen LogP contribution in [0.1, 0.15) is 71.0 Å². The van der Waals surface area contributed by atoms with Crippen LogP contribution in [-0.2, 0) is 29.4 Å². The first kappa shape index (κ1) is 27.2. The minimum absolute atomic E-state index is 0.138. The Hall–Kier alpha value is -2.85. The van der Waals surface area contributed by atoms with Crippen molar-refractivity contribution in [2.75, 3.05) is 17.7 Å². The number of ether oxygens (including phenoxy) is 2. The topological polar surface area (TPSA) is 95.3 Å². The Bertz CT molecular complexity index is 1300. The first-order chi connectivity index (χ1) is 17.7. The Morgan fingerprint density at radius 2 is 2.08 bits per heavy atom. The molecule has 2 atom stereocenters. The molecule has 37 heavy (non-hydrogen) atoms. The molecule has 1 aliphatic rings. The highest BCUT2D eigenvalue weighted by Crippen LogP contribution is 2.40. The Kier molecular flexibility index (Phi) is 8.59. The van der Waals surface area contributed by atoms with Gasteiger partial charge in [0.1, 0.15) is 10.8 Å². The minimum Gasteiger partial charge on any atom is -0.482 e. The van der Waals surface area contributed by atoms with E-state index in [-0.39, 0.29) is 23.7 Å². The number of fused-ring (bicyclic) bond motifs is 1. The van der Waals surface area contributed by atoms with E-state index in [1.807, 2.05) is 44.5 Å². The number of hydrogen-bond acceptors (Lipinski definition) is 8. The number of benzene rings is 1. The van der Waals surface area contributed by atoms with E-state index < -0.39 is 0 Å². The Balaban J connectivity index is 1.42. The second kappa shape index (κ2) is 11.7. The van der Waals surface area contributed by atoms with Gasteiger partial charge in [-0.3, -0.25) is 4.79 Å². The van der Waals surface area contributed by atoms with E-state index in [9.17, 15) is 9.59 Å². The summed E-state index contributed by atoms with van der Waals surface area (Å²) in [4.78, 5) is 26.8. The van der Waals surface area contributed by atoms with Gasteiger partial charge < -0.3 is 19.4 Å². The van der Waals surface area contributed by atoms with Crippen LogP contribution in [0.2, 0.25) is 0 Å². The van der Waals surface area contributed by atoms with E-state index in [4.69, 9.17) is 9.47 Å². The summed E-state index contributed by atoms with van der Waals surface area (Å²) < 4.78 is 13.3. The number of carbonyl (C=O) groups is 2. The standard InChI is InChI=1S/C27H34N4O4S2/c1-7-34-26(33)23-19-10-8-16(3)13-21(19)37-25(23)28-22(32)14-36-27-30-29-24(31(27)6)18(5)35-20-11-9-15(2)12-17(20)4/h9,11-12,16,18H,7-8,10,13-14H2,1-6H3,(H,28,32). The van der Waals surface area contributed by atoms with Crippen molar-refractivity contribution >= 4 is 40.0 Å². The largest absolute Gasteiger partial charge is 0.482 e. The number of anilines is 1. The van der Waals surface area contributed by atoms with Crippen molar-refractivity contribution in [2.24, 2.45) is 13.0 Å². The van der Waals surface area contributed by atoms with Gasteiger partial charge in [0.05, 0.1) is 17.9 Å². The van der Waals surface area contributed by atoms with Crippen molar-refractivity contribution in [2.45, 2.75) is 65.1 Å². The molecule has 10 heteroatoms. The van der Waals surface area contributed by atoms with Gasteiger partial charge in [-0.2, -0.15) is 0 Å². The maximum Gasteiger partial charge on any atom is 0.341 e. The number of esters is 1. The average molecular weight is 543 g/mol. The zero-order valence-electron chi connectivity index (χ0n) is 22.2. The molecule has 0 aliphatic heterocycles.